The Bertz CT molecular complexity index is 1050. The second-order valence-electron chi connectivity index (χ2n) is 12.2. The Hall–Kier alpha value is -1.57. The second kappa shape index (κ2) is 5.81. The summed E-state index contributed by atoms with van der Waals surface area (Å²) in [4.78, 5) is 17.6. The zero-order valence-electron chi connectivity index (χ0n) is 19.3. The lowest BCUT2D eigenvalue weighted by atomic mass is 9.34. The molecule has 3 fully saturated rings. The first-order valence-electron chi connectivity index (χ1n) is 12.4. The first kappa shape index (κ1) is 19.1. The highest BCUT2D eigenvalue weighted by molar-refractivity contribution is 5.91. The molecule has 1 aromatic carbocycles. The standard InChI is InChI=1S/C28H37NO/c1-16-11-13-27(5)17(2)9-10-22(30)28(27)14-12-20-24(25(16)28)18-15-29-21-8-6-7-19(23(18)21)26(20,3)4/h6-8,15-17,20,24-25,29H,9-14H2,1-5H3/t16-,17-,20-,24+,25+,27+,28+/m1/s1. The summed E-state index contributed by atoms with van der Waals surface area (Å²) >= 11 is 0. The monoisotopic (exact) mass is 403 g/mol. The Kier molecular flexibility index (Phi) is 3.71. The van der Waals surface area contributed by atoms with Crippen LogP contribution in [0.4, 0.5) is 0 Å². The van der Waals surface area contributed by atoms with Gasteiger partial charge in [-0.2, -0.15) is 0 Å². The molecule has 1 N–H and O–H groups in total. The average molecular weight is 404 g/mol. The van der Waals surface area contributed by atoms with Crippen molar-refractivity contribution >= 4 is 16.7 Å². The third kappa shape index (κ3) is 1.96. The number of benzene rings is 1. The minimum absolute atomic E-state index is 0.116. The van der Waals surface area contributed by atoms with Crippen molar-refractivity contribution in [1.29, 1.82) is 0 Å². The van der Waals surface area contributed by atoms with Crippen LogP contribution in [0.2, 0.25) is 0 Å². The Morgan fingerprint density at radius 3 is 2.63 bits per heavy atom. The fraction of sp³-hybridized carbons (Fsp3) is 0.679. The normalized spacial score (nSPS) is 44.3. The molecule has 1 aromatic heterocycles. The second-order valence-corrected chi connectivity index (χ2v) is 12.2. The number of aromatic nitrogens is 1. The van der Waals surface area contributed by atoms with E-state index in [2.05, 4.69) is 64.0 Å². The molecule has 0 amide bonds. The summed E-state index contributed by atoms with van der Waals surface area (Å²) in [6.45, 7) is 12.4. The number of ketones is 1. The smallest absolute Gasteiger partial charge is 0.139 e. The lowest BCUT2D eigenvalue weighted by molar-refractivity contribution is -0.189. The van der Waals surface area contributed by atoms with Crippen LogP contribution in [0.15, 0.2) is 24.4 Å². The summed E-state index contributed by atoms with van der Waals surface area (Å²) in [5.41, 5.74) is 4.52. The summed E-state index contributed by atoms with van der Waals surface area (Å²) in [6.07, 6.45) is 9.03. The van der Waals surface area contributed by atoms with E-state index in [1.807, 2.05) is 0 Å². The fourth-order valence-corrected chi connectivity index (χ4v) is 9.37. The van der Waals surface area contributed by atoms with Crippen LogP contribution in [0, 0.1) is 34.5 Å². The molecule has 0 saturated heterocycles. The van der Waals surface area contributed by atoms with Crippen LogP contribution >= 0.6 is 0 Å². The summed E-state index contributed by atoms with van der Waals surface area (Å²) in [7, 11) is 0. The highest BCUT2D eigenvalue weighted by atomic mass is 16.1. The van der Waals surface area contributed by atoms with Gasteiger partial charge in [-0.05, 0) is 89.7 Å². The fourth-order valence-electron chi connectivity index (χ4n) is 9.37. The van der Waals surface area contributed by atoms with Gasteiger partial charge in [-0.15, -0.1) is 0 Å². The van der Waals surface area contributed by atoms with E-state index in [9.17, 15) is 4.79 Å². The van der Waals surface area contributed by atoms with E-state index in [-0.39, 0.29) is 16.2 Å². The van der Waals surface area contributed by atoms with Crippen LogP contribution < -0.4 is 0 Å². The molecule has 6 rings (SSSR count). The highest BCUT2D eigenvalue weighted by Crippen LogP contribution is 2.73. The molecule has 0 bridgehead atoms. The number of Topliss-reactive ketones (excluding diaryl/α,β-unsaturated/α-hetero) is 1. The number of carbonyl (C=O) groups excluding carboxylic acids is 1. The third-order valence-electron chi connectivity index (χ3n) is 11.1. The van der Waals surface area contributed by atoms with Gasteiger partial charge in [0.05, 0.1) is 0 Å². The Morgan fingerprint density at radius 2 is 1.83 bits per heavy atom. The van der Waals surface area contributed by atoms with Crippen molar-refractivity contribution < 1.29 is 4.79 Å². The van der Waals surface area contributed by atoms with E-state index in [0.717, 1.165) is 19.3 Å². The SMILES string of the molecule is C[C@@H]1CC[C@@]2(C)[C@H](C)CCC(=O)[C@]23CC[C@@H]2[C@H](c4c[nH]c5cccc(c45)C2(C)C)[C@H]13. The van der Waals surface area contributed by atoms with Gasteiger partial charge < -0.3 is 4.98 Å². The lowest BCUT2D eigenvalue weighted by Gasteiger charge is -2.68. The minimum atomic E-state index is -0.116. The summed E-state index contributed by atoms with van der Waals surface area (Å²) in [5.74, 6) is 3.49. The summed E-state index contributed by atoms with van der Waals surface area (Å²) in [5, 5.41) is 1.47. The predicted octanol–water partition coefficient (Wildman–Crippen LogP) is 6.99. The van der Waals surface area contributed by atoms with Gasteiger partial charge in [-0.1, -0.05) is 46.8 Å². The van der Waals surface area contributed by atoms with Gasteiger partial charge in [-0.3, -0.25) is 4.79 Å². The lowest BCUT2D eigenvalue weighted by Crippen LogP contribution is -2.65. The van der Waals surface area contributed by atoms with Crippen LogP contribution in [0.3, 0.4) is 0 Å². The maximum absolute atomic E-state index is 13.9. The quantitative estimate of drug-likeness (QED) is 0.505. The molecular formula is C28H37NO. The van der Waals surface area contributed by atoms with Crippen molar-refractivity contribution in [2.75, 3.05) is 0 Å². The molecule has 7 atom stereocenters. The molecule has 1 spiro atoms. The van der Waals surface area contributed by atoms with Gasteiger partial charge in [0.25, 0.3) is 0 Å². The Balaban J connectivity index is 1.63. The molecule has 3 saturated carbocycles. The van der Waals surface area contributed by atoms with Crippen LogP contribution in [-0.2, 0) is 10.2 Å². The number of H-pyrrole nitrogens is 1. The van der Waals surface area contributed by atoms with Gasteiger partial charge in [0.15, 0.2) is 0 Å². The molecule has 2 nitrogen and oxygen atoms in total. The number of nitrogens with one attached hydrogen (secondary N) is 1. The molecular weight excluding hydrogens is 366 g/mol. The van der Waals surface area contributed by atoms with Crippen LogP contribution in [0.5, 0.6) is 0 Å². The number of aromatic amines is 1. The van der Waals surface area contributed by atoms with Crippen molar-refractivity contribution in [3.05, 3.63) is 35.5 Å². The molecule has 1 heterocycles. The van der Waals surface area contributed by atoms with Gasteiger partial charge >= 0.3 is 0 Å². The van der Waals surface area contributed by atoms with Crippen LogP contribution in [-0.4, -0.2) is 10.8 Å². The number of hydrogen-bond acceptors (Lipinski definition) is 1. The first-order chi connectivity index (χ1) is 14.2. The van der Waals surface area contributed by atoms with E-state index in [4.69, 9.17) is 0 Å². The predicted molar refractivity (Wildman–Crippen MR) is 123 cm³/mol. The first-order valence-corrected chi connectivity index (χ1v) is 12.4. The largest absolute Gasteiger partial charge is 0.361 e. The molecule has 4 aliphatic carbocycles. The Labute approximate surface area is 181 Å². The van der Waals surface area contributed by atoms with Crippen molar-refractivity contribution in [3.63, 3.8) is 0 Å². The van der Waals surface area contributed by atoms with E-state index in [1.54, 1.807) is 0 Å². The average Bonchev–Trinajstić information content (AvgIpc) is 3.16. The zero-order valence-corrected chi connectivity index (χ0v) is 19.3. The van der Waals surface area contributed by atoms with Gasteiger partial charge in [-0.25, -0.2) is 0 Å². The molecule has 2 heteroatoms. The van der Waals surface area contributed by atoms with Crippen molar-refractivity contribution in [2.24, 2.45) is 34.5 Å². The highest BCUT2D eigenvalue weighted by Gasteiger charge is 2.69. The van der Waals surface area contributed by atoms with E-state index in [1.165, 1.54) is 41.3 Å². The molecule has 0 radical (unpaired) electrons. The zero-order chi connectivity index (χ0) is 21.1. The molecule has 0 aliphatic heterocycles. The summed E-state index contributed by atoms with van der Waals surface area (Å²) < 4.78 is 0. The van der Waals surface area contributed by atoms with Gasteiger partial charge in [0, 0.05) is 28.9 Å². The van der Waals surface area contributed by atoms with E-state index >= 15 is 0 Å². The van der Waals surface area contributed by atoms with Crippen LogP contribution in [0.1, 0.15) is 90.2 Å². The topological polar surface area (TPSA) is 32.9 Å². The molecule has 2 aromatic rings. The minimum Gasteiger partial charge on any atom is -0.361 e. The molecule has 30 heavy (non-hydrogen) atoms. The number of carbonyl (C=O) groups is 1. The third-order valence-corrected chi connectivity index (χ3v) is 11.1. The van der Waals surface area contributed by atoms with E-state index in [0.29, 0.717) is 35.4 Å². The van der Waals surface area contributed by atoms with Crippen molar-refractivity contribution in [1.82, 2.24) is 4.98 Å². The van der Waals surface area contributed by atoms with Crippen LogP contribution in [0.25, 0.3) is 10.9 Å². The maximum atomic E-state index is 13.9. The number of rotatable bonds is 0. The van der Waals surface area contributed by atoms with Gasteiger partial charge in [0.2, 0.25) is 0 Å². The number of fused-ring (bicyclic) bond motifs is 3. The summed E-state index contributed by atoms with van der Waals surface area (Å²) in [6, 6.07) is 6.82. The Morgan fingerprint density at radius 1 is 1.03 bits per heavy atom. The number of hydrogen-bond donors (Lipinski definition) is 1. The van der Waals surface area contributed by atoms with Crippen molar-refractivity contribution in [2.45, 2.75) is 84.5 Å². The molecule has 0 unspecified atom stereocenters. The molecule has 160 valence electrons. The molecule has 4 aliphatic rings. The van der Waals surface area contributed by atoms with Crippen molar-refractivity contribution in [3.8, 4) is 0 Å². The van der Waals surface area contributed by atoms with Gasteiger partial charge in [0.1, 0.15) is 5.78 Å². The maximum Gasteiger partial charge on any atom is 0.139 e. The van der Waals surface area contributed by atoms with E-state index < -0.39 is 0 Å².